The van der Waals surface area contributed by atoms with E-state index < -0.39 is 0 Å². The molecule has 0 aromatic carbocycles. The molecule has 0 N–H and O–H groups in total. The van der Waals surface area contributed by atoms with Crippen molar-refractivity contribution in [2.24, 2.45) is 0 Å². The summed E-state index contributed by atoms with van der Waals surface area (Å²) in [7, 11) is 0. The van der Waals surface area contributed by atoms with E-state index in [0.29, 0.717) is 0 Å². The van der Waals surface area contributed by atoms with Gasteiger partial charge in [0.25, 0.3) is 5.65 Å². The van der Waals surface area contributed by atoms with Gasteiger partial charge in [0, 0.05) is 6.07 Å². The van der Waals surface area contributed by atoms with E-state index in [1.807, 2.05) is 35.2 Å². The highest BCUT2D eigenvalue weighted by Gasteiger charge is 2.04. The van der Waals surface area contributed by atoms with E-state index in [1.54, 1.807) is 0 Å². The van der Waals surface area contributed by atoms with E-state index in [1.165, 1.54) is 0 Å². The van der Waals surface area contributed by atoms with Crippen molar-refractivity contribution in [2.75, 3.05) is 0 Å². The van der Waals surface area contributed by atoms with Gasteiger partial charge in [0.15, 0.2) is 0 Å². The van der Waals surface area contributed by atoms with Crippen molar-refractivity contribution in [3.05, 3.63) is 30.7 Å². The van der Waals surface area contributed by atoms with Crippen molar-refractivity contribution < 1.29 is 4.68 Å². The van der Waals surface area contributed by atoms with Crippen LogP contribution < -0.4 is 4.68 Å². The summed E-state index contributed by atoms with van der Waals surface area (Å²) in [6.07, 6.45) is 3.85. The van der Waals surface area contributed by atoms with Crippen molar-refractivity contribution in [3.63, 3.8) is 0 Å². The van der Waals surface area contributed by atoms with Gasteiger partial charge in [0.2, 0.25) is 0 Å². The molecule has 2 heterocycles. The fourth-order valence-electron chi connectivity index (χ4n) is 1.16. The Kier molecular flexibility index (Phi) is 1.35. The Hall–Kier alpha value is -1.38. The molecule has 0 atom stereocenters. The van der Waals surface area contributed by atoms with Gasteiger partial charge in [-0.25, -0.2) is 0 Å². The lowest BCUT2D eigenvalue weighted by Crippen LogP contribution is -2.37. The van der Waals surface area contributed by atoms with Gasteiger partial charge in [-0.2, -0.15) is 4.68 Å². The maximum atomic E-state index is 4.22. The highest BCUT2D eigenvalue weighted by Crippen LogP contribution is 1.93. The monoisotopic (exact) mass is 148 g/mol. The SMILES string of the molecule is CC[n+]1cnc2ccccn21. The molecule has 11 heavy (non-hydrogen) atoms. The van der Waals surface area contributed by atoms with Crippen molar-refractivity contribution in [1.29, 1.82) is 0 Å². The fraction of sp³-hybridized carbons (Fsp3) is 0.250. The lowest BCUT2D eigenvalue weighted by molar-refractivity contribution is -0.758. The summed E-state index contributed by atoms with van der Waals surface area (Å²) in [5, 5.41) is 0. The topological polar surface area (TPSA) is 21.2 Å². The Morgan fingerprint density at radius 2 is 2.45 bits per heavy atom. The predicted octanol–water partition coefficient (Wildman–Crippen LogP) is 0.642. The minimum absolute atomic E-state index is 0.950. The molecule has 56 valence electrons. The highest BCUT2D eigenvalue weighted by molar-refractivity contribution is 5.33. The molecule has 3 nitrogen and oxygen atoms in total. The molecule has 0 spiro atoms. The van der Waals surface area contributed by atoms with Crippen molar-refractivity contribution in [3.8, 4) is 0 Å². The van der Waals surface area contributed by atoms with Crippen LogP contribution in [0.5, 0.6) is 0 Å². The van der Waals surface area contributed by atoms with E-state index in [0.717, 1.165) is 12.2 Å². The van der Waals surface area contributed by atoms with E-state index in [9.17, 15) is 0 Å². The molecule has 0 aliphatic carbocycles. The van der Waals surface area contributed by atoms with Gasteiger partial charge >= 0.3 is 6.33 Å². The largest absolute Gasteiger partial charge is 0.307 e. The van der Waals surface area contributed by atoms with Gasteiger partial charge < -0.3 is 0 Å². The Labute approximate surface area is 64.9 Å². The first-order chi connectivity index (χ1) is 5.42. The molecule has 0 aliphatic rings. The van der Waals surface area contributed by atoms with Crippen LogP contribution in [0.15, 0.2) is 30.7 Å². The molecule has 0 saturated heterocycles. The predicted molar refractivity (Wildman–Crippen MR) is 41.1 cm³/mol. The summed E-state index contributed by atoms with van der Waals surface area (Å²) >= 11 is 0. The van der Waals surface area contributed by atoms with Crippen molar-refractivity contribution >= 4 is 5.65 Å². The van der Waals surface area contributed by atoms with Gasteiger partial charge in [-0.3, -0.25) is 0 Å². The molecule has 2 aromatic heterocycles. The number of hydrogen-bond acceptors (Lipinski definition) is 1. The second kappa shape index (κ2) is 2.34. The second-order valence-corrected chi connectivity index (χ2v) is 2.40. The molecule has 3 heteroatoms. The van der Waals surface area contributed by atoms with Gasteiger partial charge in [0.1, 0.15) is 6.54 Å². The first kappa shape index (κ1) is 6.34. The highest BCUT2D eigenvalue weighted by atomic mass is 15.4. The first-order valence-corrected chi connectivity index (χ1v) is 3.73. The Morgan fingerprint density at radius 1 is 1.55 bits per heavy atom. The maximum absolute atomic E-state index is 4.22. The number of pyridine rings is 1. The molecule has 2 aromatic rings. The minimum Gasteiger partial charge on any atom is -0.152 e. The number of rotatable bonds is 1. The molecule has 0 unspecified atom stereocenters. The lowest BCUT2D eigenvalue weighted by Gasteiger charge is -1.90. The molecule has 0 saturated carbocycles. The summed E-state index contributed by atoms with van der Waals surface area (Å²) < 4.78 is 4.08. The Morgan fingerprint density at radius 3 is 3.27 bits per heavy atom. The molecular weight excluding hydrogens is 138 g/mol. The zero-order chi connectivity index (χ0) is 7.68. The molecular formula is C8H10N3+. The van der Waals surface area contributed by atoms with Crippen molar-refractivity contribution in [2.45, 2.75) is 13.5 Å². The smallest absolute Gasteiger partial charge is 0.152 e. The van der Waals surface area contributed by atoms with E-state index in [2.05, 4.69) is 16.6 Å². The zero-order valence-electron chi connectivity index (χ0n) is 6.44. The average molecular weight is 148 g/mol. The quantitative estimate of drug-likeness (QED) is 0.544. The average Bonchev–Trinajstić information content (AvgIpc) is 2.47. The van der Waals surface area contributed by atoms with Crippen LogP contribution in [0.1, 0.15) is 6.92 Å². The van der Waals surface area contributed by atoms with Gasteiger partial charge in [0.05, 0.1) is 6.20 Å². The number of aromatic nitrogens is 3. The van der Waals surface area contributed by atoms with Crippen LogP contribution in [0, 0.1) is 0 Å². The summed E-state index contributed by atoms with van der Waals surface area (Å²) in [5.74, 6) is 0. The van der Waals surface area contributed by atoms with Gasteiger partial charge in [-0.15, -0.1) is 4.52 Å². The summed E-state index contributed by atoms with van der Waals surface area (Å²) in [6.45, 7) is 3.05. The number of fused-ring (bicyclic) bond motifs is 1. The van der Waals surface area contributed by atoms with Gasteiger partial charge in [-0.1, -0.05) is 6.07 Å². The molecule has 0 aliphatic heterocycles. The summed E-state index contributed by atoms with van der Waals surface area (Å²) in [5.41, 5.74) is 0.995. The Balaban J connectivity index is 2.76. The Bertz CT molecular complexity index is 364. The van der Waals surface area contributed by atoms with E-state index >= 15 is 0 Å². The molecule has 0 radical (unpaired) electrons. The van der Waals surface area contributed by atoms with Crippen LogP contribution in [0.2, 0.25) is 0 Å². The third-order valence-electron chi connectivity index (χ3n) is 1.74. The number of nitrogens with zero attached hydrogens (tertiary/aromatic N) is 3. The van der Waals surface area contributed by atoms with Gasteiger partial charge in [-0.05, 0) is 18.0 Å². The zero-order valence-corrected chi connectivity index (χ0v) is 6.44. The standard InChI is InChI=1S/C8H10N3/c1-2-10-7-9-8-5-3-4-6-11(8)10/h3-7H,2H2,1H3/q+1. The molecule has 0 bridgehead atoms. The normalized spacial score (nSPS) is 10.6. The van der Waals surface area contributed by atoms with Crippen LogP contribution in [0.25, 0.3) is 5.65 Å². The molecule has 0 amide bonds. The van der Waals surface area contributed by atoms with Crippen LogP contribution >= 0.6 is 0 Å². The lowest BCUT2D eigenvalue weighted by atomic mass is 10.5. The third kappa shape index (κ3) is 0.888. The molecule has 2 rings (SSSR count). The minimum atomic E-state index is 0.950. The number of aryl methyl sites for hydroxylation is 1. The fourth-order valence-corrected chi connectivity index (χ4v) is 1.16. The molecule has 0 fully saturated rings. The van der Waals surface area contributed by atoms with E-state index in [-0.39, 0.29) is 0 Å². The summed E-state index contributed by atoms with van der Waals surface area (Å²) in [6, 6.07) is 5.98. The van der Waals surface area contributed by atoms with Crippen LogP contribution in [-0.2, 0) is 6.54 Å². The third-order valence-corrected chi connectivity index (χ3v) is 1.74. The van der Waals surface area contributed by atoms with Crippen LogP contribution in [0.4, 0.5) is 0 Å². The maximum Gasteiger partial charge on any atom is 0.307 e. The van der Waals surface area contributed by atoms with Crippen LogP contribution in [-0.4, -0.2) is 9.50 Å². The second-order valence-electron chi connectivity index (χ2n) is 2.40. The first-order valence-electron chi connectivity index (χ1n) is 3.73. The van der Waals surface area contributed by atoms with Crippen LogP contribution in [0.3, 0.4) is 0 Å². The summed E-state index contributed by atoms with van der Waals surface area (Å²) in [4.78, 5) is 4.22. The van der Waals surface area contributed by atoms with E-state index in [4.69, 9.17) is 0 Å². The number of hydrogen-bond donors (Lipinski definition) is 0. The van der Waals surface area contributed by atoms with Crippen molar-refractivity contribution in [1.82, 2.24) is 9.50 Å².